The van der Waals surface area contributed by atoms with E-state index in [4.69, 9.17) is 0 Å². The van der Waals surface area contributed by atoms with E-state index in [0.717, 1.165) is 55.1 Å². The van der Waals surface area contributed by atoms with Gasteiger partial charge in [0.1, 0.15) is 5.82 Å². The third-order valence-electron chi connectivity index (χ3n) is 5.02. The summed E-state index contributed by atoms with van der Waals surface area (Å²) in [5.41, 5.74) is 5.55. The lowest BCUT2D eigenvalue weighted by atomic mass is 10.0. The van der Waals surface area contributed by atoms with E-state index in [2.05, 4.69) is 26.3 Å². The van der Waals surface area contributed by atoms with Crippen molar-refractivity contribution < 1.29 is 4.39 Å². The molecule has 5 heteroatoms. The monoisotopic (exact) mass is 338 g/mol. The molecule has 0 radical (unpaired) electrons. The first-order valence-corrected chi connectivity index (χ1v) is 8.91. The lowest BCUT2D eigenvalue weighted by molar-refractivity contribution is 0.208. The Morgan fingerprint density at radius 1 is 1.28 bits per heavy atom. The van der Waals surface area contributed by atoms with Gasteiger partial charge in [-0.15, -0.1) is 0 Å². The number of nitrogens with zero attached hydrogens (tertiary/aromatic N) is 3. The SMILES string of the molecule is CC1=NCc2ncc(NC3CCCN(Cc4ccc(F)cc4)C3)cc21. The summed E-state index contributed by atoms with van der Waals surface area (Å²) in [6, 6.07) is 9.41. The van der Waals surface area contributed by atoms with Gasteiger partial charge in [-0.25, -0.2) is 4.39 Å². The van der Waals surface area contributed by atoms with Gasteiger partial charge in [0.05, 0.1) is 24.1 Å². The molecule has 1 atom stereocenters. The molecule has 1 saturated heterocycles. The van der Waals surface area contributed by atoms with Crippen LogP contribution < -0.4 is 5.32 Å². The maximum atomic E-state index is 13.1. The molecule has 0 bridgehead atoms. The Labute approximate surface area is 147 Å². The third kappa shape index (κ3) is 3.71. The lowest BCUT2D eigenvalue weighted by Crippen LogP contribution is -2.41. The van der Waals surface area contributed by atoms with Gasteiger partial charge < -0.3 is 5.32 Å². The van der Waals surface area contributed by atoms with E-state index < -0.39 is 0 Å². The summed E-state index contributed by atoms with van der Waals surface area (Å²) >= 11 is 0. The number of rotatable bonds is 4. The van der Waals surface area contributed by atoms with Crippen LogP contribution in [0.15, 0.2) is 41.5 Å². The van der Waals surface area contributed by atoms with E-state index in [1.165, 1.54) is 17.7 Å². The summed E-state index contributed by atoms with van der Waals surface area (Å²) in [5, 5.41) is 3.64. The minimum Gasteiger partial charge on any atom is -0.380 e. The number of hydrogen-bond acceptors (Lipinski definition) is 4. The molecule has 3 heterocycles. The number of benzene rings is 1. The molecule has 25 heavy (non-hydrogen) atoms. The summed E-state index contributed by atoms with van der Waals surface area (Å²) in [4.78, 5) is 11.4. The largest absolute Gasteiger partial charge is 0.380 e. The molecule has 1 aromatic carbocycles. The number of nitrogens with one attached hydrogen (secondary N) is 1. The van der Waals surface area contributed by atoms with Crippen molar-refractivity contribution in [3.05, 3.63) is 59.2 Å². The topological polar surface area (TPSA) is 40.5 Å². The zero-order valence-corrected chi connectivity index (χ0v) is 14.5. The average molecular weight is 338 g/mol. The molecule has 2 aliphatic rings. The molecule has 4 rings (SSSR count). The smallest absolute Gasteiger partial charge is 0.123 e. The van der Waals surface area contributed by atoms with Gasteiger partial charge in [0.2, 0.25) is 0 Å². The minimum atomic E-state index is -0.176. The highest BCUT2D eigenvalue weighted by Gasteiger charge is 2.21. The average Bonchev–Trinajstić information content (AvgIpc) is 2.98. The molecule has 4 nitrogen and oxygen atoms in total. The van der Waals surface area contributed by atoms with Gasteiger partial charge in [-0.3, -0.25) is 14.9 Å². The second-order valence-corrected chi connectivity index (χ2v) is 6.96. The zero-order chi connectivity index (χ0) is 17.2. The van der Waals surface area contributed by atoms with Crippen molar-refractivity contribution in [2.75, 3.05) is 18.4 Å². The highest BCUT2D eigenvalue weighted by molar-refractivity contribution is 6.02. The molecule has 0 saturated carbocycles. The van der Waals surface area contributed by atoms with Gasteiger partial charge in [0.25, 0.3) is 0 Å². The number of aromatic nitrogens is 1. The van der Waals surface area contributed by atoms with Crippen molar-refractivity contribution in [3.63, 3.8) is 0 Å². The first kappa shape index (κ1) is 16.2. The van der Waals surface area contributed by atoms with Crippen LogP contribution in [0.5, 0.6) is 0 Å². The van der Waals surface area contributed by atoms with Crippen LogP contribution in [-0.4, -0.2) is 34.7 Å². The lowest BCUT2D eigenvalue weighted by Gasteiger charge is -2.33. The van der Waals surface area contributed by atoms with Gasteiger partial charge in [-0.1, -0.05) is 12.1 Å². The second-order valence-electron chi connectivity index (χ2n) is 6.96. The zero-order valence-electron chi connectivity index (χ0n) is 14.5. The number of hydrogen-bond donors (Lipinski definition) is 1. The molecule has 0 amide bonds. The fraction of sp³-hybridized carbons (Fsp3) is 0.400. The molecule has 1 N–H and O–H groups in total. The van der Waals surface area contributed by atoms with E-state index in [9.17, 15) is 4.39 Å². The Morgan fingerprint density at radius 2 is 2.12 bits per heavy atom. The fourth-order valence-electron chi connectivity index (χ4n) is 3.69. The molecule has 1 unspecified atom stereocenters. The van der Waals surface area contributed by atoms with Crippen LogP contribution >= 0.6 is 0 Å². The number of likely N-dealkylation sites (tertiary alicyclic amines) is 1. The predicted molar refractivity (Wildman–Crippen MR) is 98.5 cm³/mol. The number of fused-ring (bicyclic) bond motifs is 1. The first-order valence-electron chi connectivity index (χ1n) is 8.91. The quantitative estimate of drug-likeness (QED) is 0.926. The number of halogens is 1. The van der Waals surface area contributed by atoms with Crippen molar-refractivity contribution in [3.8, 4) is 0 Å². The standard InChI is InChI=1S/C20H23FN4/c1-14-19-9-18(10-23-20(19)11-22-14)24-17-3-2-8-25(13-17)12-15-4-6-16(21)7-5-15/h4-7,9-10,17,24H,2-3,8,11-13H2,1H3. The molecular weight excluding hydrogens is 315 g/mol. The number of aliphatic imine (C=N–C) groups is 1. The Bertz CT molecular complexity index is 785. The molecule has 130 valence electrons. The third-order valence-corrected chi connectivity index (χ3v) is 5.02. The first-order chi connectivity index (χ1) is 12.2. The van der Waals surface area contributed by atoms with Crippen molar-refractivity contribution in [1.82, 2.24) is 9.88 Å². The van der Waals surface area contributed by atoms with E-state index >= 15 is 0 Å². The van der Waals surface area contributed by atoms with Crippen molar-refractivity contribution in [2.24, 2.45) is 4.99 Å². The summed E-state index contributed by atoms with van der Waals surface area (Å²) < 4.78 is 13.1. The van der Waals surface area contributed by atoms with Crippen molar-refractivity contribution >= 4 is 11.4 Å². The van der Waals surface area contributed by atoms with Gasteiger partial charge in [-0.2, -0.15) is 0 Å². The molecule has 0 spiro atoms. The number of pyridine rings is 1. The Hall–Kier alpha value is -2.27. The highest BCUT2D eigenvalue weighted by atomic mass is 19.1. The Balaban J connectivity index is 1.39. The predicted octanol–water partition coefficient (Wildman–Crippen LogP) is 3.62. The van der Waals surface area contributed by atoms with E-state index in [1.807, 2.05) is 25.3 Å². The molecule has 1 aromatic heterocycles. The second kappa shape index (κ2) is 6.92. The number of anilines is 1. The molecule has 1 fully saturated rings. The molecule has 2 aliphatic heterocycles. The molecule has 2 aromatic rings. The van der Waals surface area contributed by atoms with Crippen LogP contribution in [0.3, 0.4) is 0 Å². The molecule has 0 aliphatic carbocycles. The van der Waals surface area contributed by atoms with Gasteiger partial charge in [-0.05, 0) is 50.1 Å². The summed E-state index contributed by atoms with van der Waals surface area (Å²) in [7, 11) is 0. The maximum absolute atomic E-state index is 13.1. The summed E-state index contributed by atoms with van der Waals surface area (Å²) in [6.45, 7) is 5.69. The summed E-state index contributed by atoms with van der Waals surface area (Å²) in [6.07, 6.45) is 4.24. The Morgan fingerprint density at radius 3 is 2.96 bits per heavy atom. The van der Waals surface area contributed by atoms with E-state index in [0.29, 0.717) is 12.6 Å². The van der Waals surface area contributed by atoms with Crippen molar-refractivity contribution in [2.45, 2.75) is 38.9 Å². The molecular formula is C20H23FN4. The normalized spacial score (nSPS) is 20.2. The van der Waals surface area contributed by atoms with Crippen LogP contribution in [0.25, 0.3) is 0 Å². The van der Waals surface area contributed by atoms with E-state index in [-0.39, 0.29) is 5.82 Å². The minimum absolute atomic E-state index is 0.176. The Kier molecular flexibility index (Phi) is 4.49. The van der Waals surface area contributed by atoms with Gasteiger partial charge >= 0.3 is 0 Å². The van der Waals surface area contributed by atoms with Crippen LogP contribution in [0.1, 0.15) is 36.6 Å². The van der Waals surface area contributed by atoms with Gasteiger partial charge in [0, 0.05) is 30.4 Å². The van der Waals surface area contributed by atoms with E-state index in [1.54, 1.807) is 0 Å². The van der Waals surface area contributed by atoms with Crippen LogP contribution in [-0.2, 0) is 13.1 Å². The van der Waals surface area contributed by atoms with Crippen molar-refractivity contribution in [1.29, 1.82) is 0 Å². The van der Waals surface area contributed by atoms with Crippen LogP contribution in [0.4, 0.5) is 10.1 Å². The van der Waals surface area contributed by atoms with Crippen LogP contribution in [0, 0.1) is 5.82 Å². The fourth-order valence-corrected chi connectivity index (χ4v) is 3.69. The van der Waals surface area contributed by atoms with Gasteiger partial charge in [0.15, 0.2) is 0 Å². The highest BCUT2D eigenvalue weighted by Crippen LogP contribution is 2.22. The van der Waals surface area contributed by atoms with Crippen LogP contribution in [0.2, 0.25) is 0 Å². The number of piperidine rings is 1. The summed E-state index contributed by atoms with van der Waals surface area (Å²) in [5.74, 6) is -0.176. The maximum Gasteiger partial charge on any atom is 0.123 e.